The molecule has 0 aliphatic heterocycles. The Balaban J connectivity index is 5.24. The second-order valence-corrected chi connectivity index (χ2v) is 30.3. The number of aliphatic hydroxyl groups is 1. The van der Waals surface area contributed by atoms with Crippen LogP contribution in [0, 0.1) is 11.8 Å². The van der Waals surface area contributed by atoms with Crippen LogP contribution in [0.15, 0.2) is 0 Å². The summed E-state index contributed by atoms with van der Waals surface area (Å²) in [4.78, 5) is 72.7. The maximum absolute atomic E-state index is 13.1. The highest BCUT2D eigenvalue weighted by atomic mass is 31.2. The van der Waals surface area contributed by atoms with Crippen molar-refractivity contribution >= 4 is 39.5 Å². The third-order valence-corrected chi connectivity index (χ3v) is 19.5. The highest BCUT2D eigenvalue weighted by Gasteiger charge is 2.30. The molecular formula is C74H144O17P2. The zero-order valence-corrected chi connectivity index (χ0v) is 62.3. The van der Waals surface area contributed by atoms with Crippen molar-refractivity contribution in [2.45, 2.75) is 400 Å². The van der Waals surface area contributed by atoms with Gasteiger partial charge in [0.15, 0.2) is 12.2 Å². The minimum Gasteiger partial charge on any atom is -0.462 e. The van der Waals surface area contributed by atoms with E-state index < -0.39 is 97.5 Å². The lowest BCUT2D eigenvalue weighted by atomic mass is 9.99. The second kappa shape index (κ2) is 66.0. The minimum absolute atomic E-state index is 0.105. The van der Waals surface area contributed by atoms with Crippen LogP contribution in [0.25, 0.3) is 0 Å². The summed E-state index contributed by atoms with van der Waals surface area (Å²) in [5.74, 6) is -0.591. The average Bonchev–Trinajstić information content (AvgIpc) is 2.38. The first-order valence-electron chi connectivity index (χ1n) is 38.5. The molecule has 0 bridgehead atoms. The SMILES string of the molecule is CCCCCCCCCCCCCCCCCCCCC(=O)O[C@H](COC(=O)CCCCCCCCCCCCC(C)C)COP(=O)(O)OC[C@@H](O)COP(=O)(O)OC[C@@H](COC(=O)CCCCCCCCCCCC)OC(=O)CCCCCCCCCCC(C)CC. The molecule has 0 aliphatic rings. The number of hydrogen-bond donors (Lipinski definition) is 3. The first-order valence-corrected chi connectivity index (χ1v) is 41.5. The van der Waals surface area contributed by atoms with Crippen molar-refractivity contribution in [3.8, 4) is 0 Å². The maximum Gasteiger partial charge on any atom is 0.472 e. The third-order valence-electron chi connectivity index (χ3n) is 17.6. The van der Waals surface area contributed by atoms with Crippen LogP contribution in [0.4, 0.5) is 0 Å². The molecule has 0 aliphatic carbocycles. The van der Waals surface area contributed by atoms with Gasteiger partial charge in [0.25, 0.3) is 0 Å². The summed E-state index contributed by atoms with van der Waals surface area (Å²) in [5, 5.41) is 10.6. The number of ether oxygens (including phenoxy) is 4. The number of carbonyl (C=O) groups is 4. The van der Waals surface area contributed by atoms with Gasteiger partial charge in [-0.05, 0) is 37.5 Å². The predicted molar refractivity (Wildman–Crippen MR) is 377 cm³/mol. The smallest absolute Gasteiger partial charge is 0.462 e. The van der Waals surface area contributed by atoms with Gasteiger partial charge in [-0.25, -0.2) is 9.13 Å². The summed E-state index contributed by atoms with van der Waals surface area (Å²) in [5.41, 5.74) is 0. The van der Waals surface area contributed by atoms with Crippen molar-refractivity contribution in [2.75, 3.05) is 39.6 Å². The Morgan fingerprint density at radius 1 is 0.312 bits per heavy atom. The topological polar surface area (TPSA) is 237 Å². The first kappa shape index (κ1) is 91.1. The van der Waals surface area contributed by atoms with E-state index in [-0.39, 0.29) is 25.7 Å². The molecule has 552 valence electrons. The number of rotatable bonds is 73. The largest absolute Gasteiger partial charge is 0.472 e. The van der Waals surface area contributed by atoms with Gasteiger partial charge in [0.05, 0.1) is 26.4 Å². The van der Waals surface area contributed by atoms with Crippen LogP contribution in [0.3, 0.4) is 0 Å². The van der Waals surface area contributed by atoms with Crippen LogP contribution in [0.2, 0.25) is 0 Å². The second-order valence-electron chi connectivity index (χ2n) is 27.4. The molecule has 0 saturated carbocycles. The molecule has 0 aromatic carbocycles. The molecule has 0 fully saturated rings. The molecule has 93 heavy (non-hydrogen) atoms. The van der Waals surface area contributed by atoms with Gasteiger partial charge < -0.3 is 33.8 Å². The molecule has 6 atom stereocenters. The Labute approximate surface area is 568 Å². The van der Waals surface area contributed by atoms with E-state index in [1.165, 1.54) is 199 Å². The molecule has 0 amide bonds. The quantitative estimate of drug-likeness (QED) is 0.0222. The first-order chi connectivity index (χ1) is 44.9. The number of esters is 4. The van der Waals surface area contributed by atoms with E-state index in [1.54, 1.807) is 0 Å². The Kier molecular flexibility index (Phi) is 64.6. The molecule has 0 aromatic heterocycles. The van der Waals surface area contributed by atoms with Crippen LogP contribution >= 0.6 is 15.6 Å². The van der Waals surface area contributed by atoms with E-state index in [9.17, 15) is 43.2 Å². The summed E-state index contributed by atoms with van der Waals surface area (Å²) in [6.45, 7) is 9.57. The Bertz CT molecular complexity index is 1810. The zero-order chi connectivity index (χ0) is 68.6. The zero-order valence-electron chi connectivity index (χ0n) is 60.6. The molecule has 0 rings (SSSR count). The van der Waals surface area contributed by atoms with Gasteiger partial charge in [-0.1, -0.05) is 330 Å². The predicted octanol–water partition coefficient (Wildman–Crippen LogP) is 21.6. The number of carbonyl (C=O) groups excluding carboxylic acids is 4. The number of unbranched alkanes of at least 4 members (excludes halogenated alkanes) is 42. The number of phosphoric ester groups is 2. The number of aliphatic hydroxyl groups excluding tert-OH is 1. The summed E-state index contributed by atoms with van der Waals surface area (Å²) in [6, 6.07) is 0. The lowest BCUT2D eigenvalue weighted by molar-refractivity contribution is -0.161. The van der Waals surface area contributed by atoms with E-state index >= 15 is 0 Å². The number of phosphoric acid groups is 2. The fraction of sp³-hybridized carbons (Fsp3) is 0.946. The third kappa shape index (κ3) is 67.0. The van der Waals surface area contributed by atoms with Crippen molar-refractivity contribution < 1.29 is 80.2 Å². The van der Waals surface area contributed by atoms with Crippen LogP contribution in [-0.2, 0) is 65.4 Å². The highest BCUT2D eigenvalue weighted by molar-refractivity contribution is 7.47. The molecule has 19 heteroatoms. The van der Waals surface area contributed by atoms with Crippen molar-refractivity contribution in [3.63, 3.8) is 0 Å². The Morgan fingerprint density at radius 3 is 0.817 bits per heavy atom. The summed E-state index contributed by atoms with van der Waals surface area (Å²) in [7, 11) is -9.91. The molecule has 0 aromatic rings. The molecule has 3 unspecified atom stereocenters. The van der Waals surface area contributed by atoms with Crippen LogP contribution in [-0.4, -0.2) is 96.7 Å². The minimum atomic E-state index is -4.96. The van der Waals surface area contributed by atoms with Crippen molar-refractivity contribution in [1.82, 2.24) is 0 Å². The standard InChI is InChI=1S/C74H144O17P2/c1-7-10-12-14-16-18-20-21-22-23-24-25-26-27-33-40-46-52-58-73(78)90-69(62-85-72(77)57-51-45-39-32-29-28-30-36-42-48-54-66(4)5)64-88-92(80,81)86-60-68(75)61-87-93(82,83)89-65-70(63-84-71(76)56-50-44-38-31-19-17-15-13-11-8-2)91-74(79)59-53-47-41-35-34-37-43-49-55-67(6)9-3/h66-70,75H,7-65H2,1-6H3,(H,80,81)(H,82,83)/t67?,68-,69-,70-/m1/s1. The van der Waals surface area contributed by atoms with Gasteiger partial charge in [0, 0.05) is 25.7 Å². The summed E-state index contributed by atoms with van der Waals surface area (Å²) >= 11 is 0. The highest BCUT2D eigenvalue weighted by Crippen LogP contribution is 2.45. The normalized spacial score (nSPS) is 14.3. The van der Waals surface area contributed by atoms with E-state index in [4.69, 9.17) is 37.0 Å². The van der Waals surface area contributed by atoms with E-state index in [2.05, 4.69) is 41.5 Å². The molecule has 0 spiro atoms. The maximum atomic E-state index is 13.1. The van der Waals surface area contributed by atoms with Crippen molar-refractivity contribution in [2.24, 2.45) is 11.8 Å². The lowest BCUT2D eigenvalue weighted by Crippen LogP contribution is -2.30. The van der Waals surface area contributed by atoms with Gasteiger partial charge >= 0.3 is 39.5 Å². The van der Waals surface area contributed by atoms with E-state index in [0.29, 0.717) is 25.7 Å². The average molecular weight is 1370 g/mol. The van der Waals surface area contributed by atoms with E-state index in [0.717, 1.165) is 102 Å². The summed E-state index contributed by atoms with van der Waals surface area (Å²) < 4.78 is 68.4. The van der Waals surface area contributed by atoms with Crippen LogP contribution in [0.5, 0.6) is 0 Å². The van der Waals surface area contributed by atoms with Crippen molar-refractivity contribution in [1.29, 1.82) is 0 Å². The molecule has 0 heterocycles. The van der Waals surface area contributed by atoms with Gasteiger partial charge in [-0.3, -0.25) is 37.3 Å². The molecular weight excluding hydrogens is 1220 g/mol. The molecule has 3 N–H and O–H groups in total. The number of hydrogen-bond acceptors (Lipinski definition) is 15. The van der Waals surface area contributed by atoms with Crippen LogP contribution < -0.4 is 0 Å². The summed E-state index contributed by atoms with van der Waals surface area (Å²) in [6.07, 6.45) is 52.6. The van der Waals surface area contributed by atoms with E-state index in [1.807, 2.05) is 0 Å². The fourth-order valence-electron chi connectivity index (χ4n) is 11.3. The lowest BCUT2D eigenvalue weighted by Gasteiger charge is -2.21. The molecule has 0 saturated heterocycles. The Morgan fingerprint density at radius 2 is 0.548 bits per heavy atom. The Hall–Kier alpha value is -1.94. The fourth-order valence-corrected chi connectivity index (χ4v) is 12.8. The van der Waals surface area contributed by atoms with Gasteiger partial charge in [0.2, 0.25) is 0 Å². The van der Waals surface area contributed by atoms with Crippen molar-refractivity contribution in [3.05, 3.63) is 0 Å². The van der Waals surface area contributed by atoms with Gasteiger partial charge in [-0.2, -0.15) is 0 Å². The molecule has 0 radical (unpaired) electrons. The molecule has 17 nitrogen and oxygen atoms in total. The monoisotopic (exact) mass is 1370 g/mol. The van der Waals surface area contributed by atoms with Gasteiger partial charge in [-0.15, -0.1) is 0 Å². The van der Waals surface area contributed by atoms with Crippen LogP contribution in [0.1, 0.15) is 382 Å². The van der Waals surface area contributed by atoms with Gasteiger partial charge in [0.1, 0.15) is 19.3 Å².